The van der Waals surface area contributed by atoms with Gasteiger partial charge < -0.3 is 16.0 Å². The van der Waals surface area contributed by atoms with Crippen LogP contribution in [0.2, 0.25) is 5.15 Å². The fourth-order valence-electron chi connectivity index (χ4n) is 2.03. The summed E-state index contributed by atoms with van der Waals surface area (Å²) in [7, 11) is 0. The highest BCUT2D eigenvalue weighted by Crippen LogP contribution is 2.24. The van der Waals surface area contributed by atoms with Gasteiger partial charge in [-0.2, -0.15) is 0 Å². The zero-order valence-electron chi connectivity index (χ0n) is 11.7. The van der Waals surface area contributed by atoms with Crippen LogP contribution in [0.25, 0.3) is 0 Å². The lowest BCUT2D eigenvalue weighted by Crippen LogP contribution is -2.21. The molecule has 0 saturated heterocycles. The largest absolute Gasteiger partial charge is 0.396 e. The van der Waals surface area contributed by atoms with E-state index in [1.807, 2.05) is 12.1 Å². The highest BCUT2D eigenvalue weighted by Gasteiger charge is 2.04. The maximum absolute atomic E-state index is 5.87. The number of nitrogen functional groups attached to an aromatic ring is 1. The fourth-order valence-corrected chi connectivity index (χ4v) is 2.17. The first-order chi connectivity index (χ1) is 9.63. The van der Waals surface area contributed by atoms with Crippen LogP contribution in [-0.2, 0) is 0 Å². The molecule has 0 saturated carbocycles. The SMILES string of the molecule is CCN(CC)c1ccc(Nc2nc(Cl)ccc2N)cc1. The number of nitrogens with two attached hydrogens (primary N) is 1. The second-order valence-electron chi connectivity index (χ2n) is 4.42. The molecule has 2 rings (SSSR count). The van der Waals surface area contributed by atoms with Crippen molar-refractivity contribution in [1.29, 1.82) is 0 Å². The number of hydrogen-bond donors (Lipinski definition) is 2. The number of rotatable bonds is 5. The highest BCUT2D eigenvalue weighted by molar-refractivity contribution is 6.29. The summed E-state index contributed by atoms with van der Waals surface area (Å²) in [5.74, 6) is 0.577. The van der Waals surface area contributed by atoms with Gasteiger partial charge in [0.25, 0.3) is 0 Å². The minimum Gasteiger partial charge on any atom is -0.396 e. The van der Waals surface area contributed by atoms with E-state index in [1.165, 1.54) is 5.69 Å². The van der Waals surface area contributed by atoms with Crippen LogP contribution in [0.3, 0.4) is 0 Å². The molecule has 1 heterocycles. The summed E-state index contributed by atoms with van der Waals surface area (Å²) in [5, 5.41) is 3.59. The Balaban J connectivity index is 2.16. The van der Waals surface area contributed by atoms with Crippen molar-refractivity contribution in [3.05, 3.63) is 41.6 Å². The van der Waals surface area contributed by atoms with Crippen molar-refractivity contribution in [2.75, 3.05) is 29.0 Å². The van der Waals surface area contributed by atoms with Gasteiger partial charge in [-0.15, -0.1) is 0 Å². The van der Waals surface area contributed by atoms with E-state index in [9.17, 15) is 0 Å². The van der Waals surface area contributed by atoms with Crippen LogP contribution in [0.5, 0.6) is 0 Å². The summed E-state index contributed by atoms with van der Waals surface area (Å²) in [6.45, 7) is 6.27. The average molecular weight is 291 g/mol. The van der Waals surface area contributed by atoms with Gasteiger partial charge in [-0.1, -0.05) is 11.6 Å². The molecule has 4 nitrogen and oxygen atoms in total. The molecule has 0 bridgehead atoms. The Morgan fingerprint density at radius 1 is 1.10 bits per heavy atom. The normalized spacial score (nSPS) is 10.3. The van der Waals surface area contributed by atoms with Crippen LogP contribution in [0.15, 0.2) is 36.4 Å². The van der Waals surface area contributed by atoms with E-state index in [0.29, 0.717) is 16.7 Å². The Morgan fingerprint density at radius 3 is 2.35 bits per heavy atom. The van der Waals surface area contributed by atoms with Crippen LogP contribution >= 0.6 is 11.6 Å². The lowest BCUT2D eigenvalue weighted by Gasteiger charge is -2.21. The molecule has 2 aromatic rings. The summed E-state index contributed by atoms with van der Waals surface area (Å²) < 4.78 is 0. The summed E-state index contributed by atoms with van der Waals surface area (Å²) in [6.07, 6.45) is 0. The van der Waals surface area contributed by atoms with Crippen molar-refractivity contribution < 1.29 is 0 Å². The van der Waals surface area contributed by atoms with Crippen LogP contribution in [0.1, 0.15) is 13.8 Å². The molecule has 106 valence electrons. The standard InChI is InChI=1S/C15H19ClN4/c1-3-20(4-2)12-7-5-11(6-8-12)18-15-13(17)9-10-14(16)19-15/h5-10H,3-4,17H2,1-2H3,(H,18,19). The average Bonchev–Trinajstić information content (AvgIpc) is 2.46. The smallest absolute Gasteiger partial charge is 0.155 e. The molecule has 0 atom stereocenters. The minimum absolute atomic E-state index is 0.418. The third-order valence-corrected chi connectivity index (χ3v) is 3.36. The van der Waals surface area contributed by atoms with Gasteiger partial charge in [0, 0.05) is 24.5 Å². The van der Waals surface area contributed by atoms with Gasteiger partial charge in [0.1, 0.15) is 5.15 Å². The first-order valence-corrected chi connectivity index (χ1v) is 7.06. The van der Waals surface area contributed by atoms with Crippen LogP contribution in [0, 0.1) is 0 Å². The fraction of sp³-hybridized carbons (Fsp3) is 0.267. The molecular formula is C15H19ClN4. The van der Waals surface area contributed by atoms with Gasteiger partial charge in [0.15, 0.2) is 5.82 Å². The van der Waals surface area contributed by atoms with Crippen LogP contribution in [0.4, 0.5) is 22.9 Å². The van der Waals surface area contributed by atoms with Gasteiger partial charge in [-0.05, 0) is 50.2 Å². The lowest BCUT2D eigenvalue weighted by atomic mass is 10.2. The van der Waals surface area contributed by atoms with Gasteiger partial charge in [-0.25, -0.2) is 4.98 Å². The maximum atomic E-state index is 5.87. The maximum Gasteiger partial charge on any atom is 0.155 e. The number of nitrogens with zero attached hydrogens (tertiary/aromatic N) is 2. The van der Waals surface area contributed by atoms with Crippen molar-refractivity contribution in [3.8, 4) is 0 Å². The van der Waals surface area contributed by atoms with Crippen molar-refractivity contribution in [2.45, 2.75) is 13.8 Å². The van der Waals surface area contributed by atoms with Crippen molar-refractivity contribution in [1.82, 2.24) is 4.98 Å². The number of hydrogen-bond acceptors (Lipinski definition) is 4. The molecule has 0 unspecified atom stereocenters. The summed E-state index contributed by atoms with van der Waals surface area (Å²) in [6, 6.07) is 11.6. The summed E-state index contributed by atoms with van der Waals surface area (Å²) in [5.41, 5.74) is 8.57. The second kappa shape index (κ2) is 6.48. The molecule has 0 fully saturated rings. The molecular weight excluding hydrogens is 272 g/mol. The first-order valence-electron chi connectivity index (χ1n) is 6.68. The Morgan fingerprint density at radius 2 is 1.75 bits per heavy atom. The first kappa shape index (κ1) is 14.5. The zero-order chi connectivity index (χ0) is 14.5. The minimum atomic E-state index is 0.418. The molecule has 0 radical (unpaired) electrons. The van der Waals surface area contributed by atoms with Gasteiger partial charge in [0.2, 0.25) is 0 Å². The number of halogens is 1. The topological polar surface area (TPSA) is 54.2 Å². The molecule has 20 heavy (non-hydrogen) atoms. The zero-order valence-corrected chi connectivity index (χ0v) is 12.5. The van der Waals surface area contributed by atoms with Crippen molar-refractivity contribution in [2.24, 2.45) is 0 Å². The second-order valence-corrected chi connectivity index (χ2v) is 4.80. The van der Waals surface area contributed by atoms with E-state index < -0.39 is 0 Å². The number of nitrogens with one attached hydrogen (secondary N) is 1. The van der Waals surface area contributed by atoms with E-state index in [4.69, 9.17) is 17.3 Å². The van der Waals surface area contributed by atoms with Crippen LogP contribution in [-0.4, -0.2) is 18.1 Å². The molecule has 1 aromatic heterocycles. The highest BCUT2D eigenvalue weighted by atomic mass is 35.5. The number of anilines is 4. The molecule has 0 aliphatic heterocycles. The van der Waals surface area contributed by atoms with E-state index >= 15 is 0 Å². The molecule has 5 heteroatoms. The van der Waals surface area contributed by atoms with Crippen molar-refractivity contribution in [3.63, 3.8) is 0 Å². The number of benzene rings is 1. The Kier molecular flexibility index (Phi) is 4.69. The molecule has 0 amide bonds. The molecule has 0 spiro atoms. The van der Waals surface area contributed by atoms with Crippen LogP contribution < -0.4 is 16.0 Å². The van der Waals surface area contributed by atoms with Gasteiger partial charge in [0.05, 0.1) is 5.69 Å². The Bertz CT molecular complexity index is 565. The molecule has 1 aromatic carbocycles. The van der Waals surface area contributed by atoms with E-state index in [0.717, 1.165) is 18.8 Å². The monoisotopic (exact) mass is 290 g/mol. The van der Waals surface area contributed by atoms with Gasteiger partial charge in [-0.3, -0.25) is 0 Å². The molecule has 0 aliphatic rings. The van der Waals surface area contributed by atoms with E-state index in [2.05, 4.69) is 41.2 Å². The van der Waals surface area contributed by atoms with Crippen molar-refractivity contribution >= 4 is 34.5 Å². The summed E-state index contributed by atoms with van der Waals surface area (Å²) >= 11 is 5.87. The Labute approximate surface area is 124 Å². The third kappa shape index (κ3) is 3.33. The molecule has 3 N–H and O–H groups in total. The number of pyridine rings is 1. The predicted molar refractivity (Wildman–Crippen MR) is 86.9 cm³/mol. The van der Waals surface area contributed by atoms with Gasteiger partial charge >= 0.3 is 0 Å². The third-order valence-electron chi connectivity index (χ3n) is 3.15. The van der Waals surface area contributed by atoms with E-state index in [-0.39, 0.29) is 0 Å². The summed E-state index contributed by atoms with van der Waals surface area (Å²) in [4.78, 5) is 6.46. The molecule has 0 aliphatic carbocycles. The predicted octanol–water partition coefficient (Wildman–Crippen LogP) is 3.91. The Hall–Kier alpha value is -1.94. The quantitative estimate of drug-likeness (QED) is 0.820. The lowest BCUT2D eigenvalue weighted by molar-refractivity contribution is 0.866. The number of aromatic nitrogens is 1. The van der Waals surface area contributed by atoms with E-state index in [1.54, 1.807) is 12.1 Å².